The molecule has 1 aromatic rings. The number of aromatic nitrogens is 1. The summed E-state index contributed by atoms with van der Waals surface area (Å²) in [7, 11) is 0. The van der Waals surface area contributed by atoms with Crippen LogP contribution in [0.15, 0.2) is 24.5 Å². The quantitative estimate of drug-likeness (QED) is 0.870. The Labute approximate surface area is 111 Å². The predicted molar refractivity (Wildman–Crippen MR) is 75.5 cm³/mol. The lowest BCUT2D eigenvalue weighted by Crippen LogP contribution is -2.43. The van der Waals surface area contributed by atoms with E-state index in [9.17, 15) is 0 Å². The lowest BCUT2D eigenvalue weighted by Gasteiger charge is -2.34. The van der Waals surface area contributed by atoms with E-state index in [2.05, 4.69) is 42.0 Å². The molecule has 0 aromatic carbocycles. The fourth-order valence-corrected chi connectivity index (χ4v) is 2.70. The van der Waals surface area contributed by atoms with E-state index in [1.807, 2.05) is 18.5 Å². The molecular weight excluding hydrogens is 222 g/mol. The van der Waals surface area contributed by atoms with Gasteiger partial charge in [0.15, 0.2) is 0 Å². The summed E-state index contributed by atoms with van der Waals surface area (Å²) < 4.78 is 0. The summed E-state index contributed by atoms with van der Waals surface area (Å²) in [5.41, 5.74) is 1.33. The SMILES string of the molecule is CC1CCN(C(C)c2cccnc2)CCC(C)N1. The van der Waals surface area contributed by atoms with E-state index >= 15 is 0 Å². The maximum atomic E-state index is 4.23. The molecule has 0 bridgehead atoms. The zero-order valence-corrected chi connectivity index (χ0v) is 11.8. The Kier molecular flexibility index (Phi) is 4.72. The van der Waals surface area contributed by atoms with Gasteiger partial charge in [-0.05, 0) is 45.2 Å². The molecule has 3 nitrogen and oxygen atoms in total. The monoisotopic (exact) mass is 247 g/mol. The van der Waals surface area contributed by atoms with Gasteiger partial charge in [-0.15, -0.1) is 0 Å². The average Bonchev–Trinajstić information content (AvgIpc) is 2.37. The van der Waals surface area contributed by atoms with Gasteiger partial charge < -0.3 is 5.32 Å². The minimum atomic E-state index is 0.469. The lowest BCUT2D eigenvalue weighted by molar-refractivity contribution is 0.172. The molecule has 1 fully saturated rings. The van der Waals surface area contributed by atoms with Crippen molar-refractivity contribution in [3.8, 4) is 0 Å². The van der Waals surface area contributed by atoms with Gasteiger partial charge in [-0.1, -0.05) is 6.07 Å². The second kappa shape index (κ2) is 6.30. The van der Waals surface area contributed by atoms with Crippen LogP contribution >= 0.6 is 0 Å². The van der Waals surface area contributed by atoms with Crippen molar-refractivity contribution in [1.82, 2.24) is 15.2 Å². The zero-order chi connectivity index (χ0) is 13.0. The first kappa shape index (κ1) is 13.5. The topological polar surface area (TPSA) is 28.2 Å². The van der Waals surface area contributed by atoms with Gasteiger partial charge >= 0.3 is 0 Å². The van der Waals surface area contributed by atoms with Crippen LogP contribution in [0.3, 0.4) is 0 Å². The van der Waals surface area contributed by atoms with Crippen LogP contribution in [0.1, 0.15) is 45.2 Å². The van der Waals surface area contributed by atoms with Crippen molar-refractivity contribution in [1.29, 1.82) is 0 Å². The Balaban J connectivity index is 2.02. The number of nitrogens with one attached hydrogen (secondary N) is 1. The number of hydrogen-bond donors (Lipinski definition) is 1. The maximum Gasteiger partial charge on any atom is 0.0335 e. The molecule has 0 spiro atoms. The molecule has 0 radical (unpaired) electrons. The molecule has 1 aliphatic rings. The van der Waals surface area contributed by atoms with Crippen LogP contribution in [-0.2, 0) is 0 Å². The van der Waals surface area contributed by atoms with E-state index in [0.717, 1.165) is 13.1 Å². The number of pyridine rings is 1. The van der Waals surface area contributed by atoms with E-state index in [1.54, 1.807) is 0 Å². The highest BCUT2D eigenvalue weighted by Crippen LogP contribution is 2.21. The minimum absolute atomic E-state index is 0.469. The molecule has 3 atom stereocenters. The van der Waals surface area contributed by atoms with Crippen LogP contribution in [0.4, 0.5) is 0 Å². The van der Waals surface area contributed by atoms with Crippen molar-refractivity contribution in [2.45, 2.75) is 51.7 Å². The maximum absolute atomic E-state index is 4.23. The molecule has 2 heterocycles. The van der Waals surface area contributed by atoms with Gasteiger partial charge in [-0.2, -0.15) is 0 Å². The minimum Gasteiger partial charge on any atom is -0.312 e. The summed E-state index contributed by atoms with van der Waals surface area (Å²) in [6, 6.07) is 5.91. The highest BCUT2D eigenvalue weighted by atomic mass is 15.2. The molecule has 0 amide bonds. The van der Waals surface area contributed by atoms with Crippen LogP contribution in [0.25, 0.3) is 0 Å². The van der Waals surface area contributed by atoms with Crippen molar-refractivity contribution in [2.24, 2.45) is 0 Å². The largest absolute Gasteiger partial charge is 0.312 e. The average molecular weight is 247 g/mol. The van der Waals surface area contributed by atoms with Crippen molar-refractivity contribution in [3.05, 3.63) is 30.1 Å². The summed E-state index contributed by atoms with van der Waals surface area (Å²) >= 11 is 0. The van der Waals surface area contributed by atoms with Gasteiger partial charge in [-0.25, -0.2) is 0 Å². The van der Waals surface area contributed by atoms with Gasteiger partial charge in [0.1, 0.15) is 0 Å². The fraction of sp³-hybridized carbons (Fsp3) is 0.667. The smallest absolute Gasteiger partial charge is 0.0335 e. The van der Waals surface area contributed by atoms with Crippen molar-refractivity contribution >= 4 is 0 Å². The van der Waals surface area contributed by atoms with Crippen LogP contribution in [0.2, 0.25) is 0 Å². The Morgan fingerprint density at radius 1 is 1.28 bits per heavy atom. The molecule has 0 aliphatic carbocycles. The second-order valence-electron chi connectivity index (χ2n) is 5.54. The van der Waals surface area contributed by atoms with E-state index in [-0.39, 0.29) is 0 Å². The fourth-order valence-electron chi connectivity index (χ4n) is 2.70. The standard InChI is InChI=1S/C15H25N3/c1-12-6-9-18(10-7-13(2)17-12)14(3)15-5-4-8-16-11-15/h4-5,8,11-14,17H,6-7,9-10H2,1-3H3. The highest BCUT2D eigenvalue weighted by Gasteiger charge is 2.20. The Bertz CT molecular complexity index is 340. The first-order chi connectivity index (χ1) is 8.66. The van der Waals surface area contributed by atoms with E-state index in [0.29, 0.717) is 18.1 Å². The number of hydrogen-bond acceptors (Lipinski definition) is 3. The molecule has 1 aromatic heterocycles. The first-order valence-electron chi connectivity index (χ1n) is 7.07. The number of rotatable bonds is 2. The lowest BCUT2D eigenvalue weighted by atomic mass is 10.0. The van der Waals surface area contributed by atoms with Crippen LogP contribution in [0.5, 0.6) is 0 Å². The van der Waals surface area contributed by atoms with Gasteiger partial charge in [-0.3, -0.25) is 9.88 Å². The Morgan fingerprint density at radius 2 is 1.94 bits per heavy atom. The normalized spacial score (nSPS) is 28.4. The molecule has 100 valence electrons. The first-order valence-corrected chi connectivity index (χ1v) is 7.07. The third kappa shape index (κ3) is 3.53. The molecule has 1 saturated heterocycles. The molecule has 0 saturated carbocycles. The van der Waals surface area contributed by atoms with Crippen molar-refractivity contribution < 1.29 is 0 Å². The van der Waals surface area contributed by atoms with Gasteiger partial charge in [0.2, 0.25) is 0 Å². The zero-order valence-electron chi connectivity index (χ0n) is 11.8. The van der Waals surface area contributed by atoms with Crippen molar-refractivity contribution in [2.75, 3.05) is 13.1 Å². The summed E-state index contributed by atoms with van der Waals surface area (Å²) in [4.78, 5) is 6.82. The second-order valence-corrected chi connectivity index (χ2v) is 5.54. The van der Waals surface area contributed by atoms with E-state index in [4.69, 9.17) is 0 Å². The van der Waals surface area contributed by atoms with Gasteiger partial charge in [0, 0.05) is 43.6 Å². The molecule has 3 unspecified atom stereocenters. The summed E-state index contributed by atoms with van der Waals surface area (Å²) in [5.74, 6) is 0. The third-order valence-electron chi connectivity index (χ3n) is 3.98. The van der Waals surface area contributed by atoms with Gasteiger partial charge in [0.25, 0.3) is 0 Å². The molecule has 2 rings (SSSR count). The Morgan fingerprint density at radius 3 is 2.50 bits per heavy atom. The summed E-state index contributed by atoms with van der Waals surface area (Å²) in [6.07, 6.45) is 6.27. The predicted octanol–water partition coefficient (Wildman–Crippen LogP) is 2.61. The molecule has 1 aliphatic heterocycles. The van der Waals surface area contributed by atoms with Crippen LogP contribution in [0, 0.1) is 0 Å². The number of nitrogens with zero attached hydrogens (tertiary/aromatic N) is 2. The molecule has 3 heteroatoms. The summed E-state index contributed by atoms with van der Waals surface area (Å²) in [5, 5.41) is 3.64. The van der Waals surface area contributed by atoms with Crippen LogP contribution in [-0.4, -0.2) is 35.1 Å². The molecule has 1 N–H and O–H groups in total. The van der Waals surface area contributed by atoms with Crippen LogP contribution < -0.4 is 5.32 Å². The van der Waals surface area contributed by atoms with Crippen molar-refractivity contribution in [3.63, 3.8) is 0 Å². The molecular formula is C15H25N3. The van der Waals surface area contributed by atoms with Gasteiger partial charge in [0.05, 0.1) is 0 Å². The Hall–Kier alpha value is -0.930. The molecule has 18 heavy (non-hydrogen) atoms. The highest BCUT2D eigenvalue weighted by molar-refractivity contribution is 5.13. The van der Waals surface area contributed by atoms with E-state index in [1.165, 1.54) is 18.4 Å². The summed E-state index contributed by atoms with van der Waals surface area (Å²) in [6.45, 7) is 9.19. The third-order valence-corrected chi connectivity index (χ3v) is 3.98. The van der Waals surface area contributed by atoms with E-state index < -0.39 is 0 Å².